The van der Waals surface area contributed by atoms with Gasteiger partial charge in [0.25, 0.3) is 5.91 Å². The molecule has 0 aliphatic carbocycles. The van der Waals surface area contributed by atoms with Crippen LogP contribution in [0.4, 0.5) is 0 Å². The Morgan fingerprint density at radius 3 is 3.00 bits per heavy atom. The first-order valence-corrected chi connectivity index (χ1v) is 6.16. The van der Waals surface area contributed by atoms with Crippen LogP contribution in [0.2, 0.25) is 0 Å². The van der Waals surface area contributed by atoms with E-state index in [4.69, 9.17) is 10.2 Å². The van der Waals surface area contributed by atoms with Crippen molar-refractivity contribution in [3.05, 3.63) is 22.6 Å². The second-order valence-corrected chi connectivity index (χ2v) is 4.97. The van der Waals surface area contributed by atoms with Crippen molar-refractivity contribution in [1.82, 2.24) is 4.90 Å². The Morgan fingerprint density at radius 2 is 2.50 bits per heavy atom. The molecule has 0 aromatic carbocycles. The van der Waals surface area contributed by atoms with Gasteiger partial charge in [-0.15, -0.1) is 0 Å². The molecule has 1 aliphatic heterocycles. The second-order valence-electron chi connectivity index (χ2n) is 4.25. The van der Waals surface area contributed by atoms with Crippen LogP contribution in [0.15, 0.2) is 21.4 Å². The number of nitrogens with zero attached hydrogens (tertiary/aromatic N) is 1. The molecule has 2 heterocycles. The van der Waals surface area contributed by atoms with Gasteiger partial charge in [0.2, 0.25) is 0 Å². The minimum Gasteiger partial charge on any atom is -0.457 e. The first kappa shape index (κ1) is 11.7. The molecule has 2 unspecified atom stereocenters. The molecule has 2 rings (SSSR count). The van der Waals surface area contributed by atoms with Crippen molar-refractivity contribution in [2.45, 2.75) is 19.4 Å². The van der Waals surface area contributed by atoms with E-state index in [1.165, 1.54) is 6.26 Å². The van der Waals surface area contributed by atoms with E-state index in [0.717, 1.165) is 13.0 Å². The number of carbonyl (C=O) groups excluding carboxylic acids is 1. The normalized spacial score (nSPS) is 25.1. The molecule has 0 bridgehead atoms. The highest BCUT2D eigenvalue weighted by Gasteiger charge is 2.33. The van der Waals surface area contributed by atoms with Gasteiger partial charge in [0, 0.05) is 12.6 Å². The Kier molecular flexibility index (Phi) is 3.35. The van der Waals surface area contributed by atoms with E-state index < -0.39 is 0 Å². The van der Waals surface area contributed by atoms with Crippen molar-refractivity contribution in [3.63, 3.8) is 0 Å². The molecule has 1 fully saturated rings. The molecule has 1 amide bonds. The minimum absolute atomic E-state index is 0.0177. The molecular weight excluding hydrogens is 272 g/mol. The SMILES string of the molecule is CC1CC(CN)CN1C(=O)c1ccoc1Br. The Balaban J connectivity index is 2.14. The topological polar surface area (TPSA) is 59.5 Å². The van der Waals surface area contributed by atoms with Crippen LogP contribution in [-0.2, 0) is 0 Å². The van der Waals surface area contributed by atoms with Crippen LogP contribution in [-0.4, -0.2) is 29.9 Å². The van der Waals surface area contributed by atoms with Gasteiger partial charge in [-0.1, -0.05) is 0 Å². The first-order valence-electron chi connectivity index (χ1n) is 5.37. The van der Waals surface area contributed by atoms with Crippen LogP contribution >= 0.6 is 15.9 Å². The molecule has 2 N–H and O–H groups in total. The highest BCUT2D eigenvalue weighted by molar-refractivity contribution is 9.10. The maximum Gasteiger partial charge on any atom is 0.258 e. The van der Waals surface area contributed by atoms with E-state index >= 15 is 0 Å². The molecule has 1 aromatic rings. The van der Waals surface area contributed by atoms with Crippen molar-refractivity contribution < 1.29 is 9.21 Å². The van der Waals surface area contributed by atoms with Crippen molar-refractivity contribution in [3.8, 4) is 0 Å². The molecular formula is C11H15BrN2O2. The van der Waals surface area contributed by atoms with Gasteiger partial charge < -0.3 is 15.1 Å². The lowest BCUT2D eigenvalue weighted by Gasteiger charge is -2.20. The number of nitrogens with two attached hydrogens (primary N) is 1. The summed E-state index contributed by atoms with van der Waals surface area (Å²) in [6.45, 7) is 3.44. The number of rotatable bonds is 2. The maximum absolute atomic E-state index is 12.2. The van der Waals surface area contributed by atoms with Crippen LogP contribution in [0.1, 0.15) is 23.7 Å². The molecule has 0 spiro atoms. The summed E-state index contributed by atoms with van der Waals surface area (Å²) in [5.74, 6) is 0.439. The summed E-state index contributed by atoms with van der Waals surface area (Å²) in [7, 11) is 0. The van der Waals surface area contributed by atoms with E-state index in [0.29, 0.717) is 22.7 Å². The van der Waals surface area contributed by atoms with Gasteiger partial charge >= 0.3 is 0 Å². The van der Waals surface area contributed by atoms with Crippen molar-refractivity contribution in [1.29, 1.82) is 0 Å². The van der Waals surface area contributed by atoms with Gasteiger partial charge in [0.1, 0.15) is 0 Å². The average Bonchev–Trinajstić information content (AvgIpc) is 2.83. The van der Waals surface area contributed by atoms with Gasteiger partial charge in [0.15, 0.2) is 4.67 Å². The summed E-state index contributed by atoms with van der Waals surface area (Å²) in [6, 6.07) is 1.94. The zero-order chi connectivity index (χ0) is 11.7. The Labute approximate surface area is 103 Å². The highest BCUT2D eigenvalue weighted by atomic mass is 79.9. The predicted octanol–water partition coefficient (Wildman–Crippen LogP) is 1.85. The third-order valence-corrected chi connectivity index (χ3v) is 3.72. The molecule has 1 aliphatic rings. The van der Waals surface area contributed by atoms with Crippen molar-refractivity contribution in [2.24, 2.45) is 11.7 Å². The Hall–Kier alpha value is -0.810. The third-order valence-electron chi connectivity index (χ3n) is 3.10. The number of furan rings is 1. The van der Waals surface area contributed by atoms with E-state index in [1.807, 2.05) is 4.90 Å². The molecule has 2 atom stereocenters. The van der Waals surface area contributed by atoms with Gasteiger partial charge in [-0.2, -0.15) is 0 Å². The molecule has 4 nitrogen and oxygen atoms in total. The van der Waals surface area contributed by atoms with E-state index in [1.54, 1.807) is 6.07 Å². The fourth-order valence-electron chi connectivity index (χ4n) is 2.20. The molecule has 16 heavy (non-hydrogen) atoms. The molecule has 88 valence electrons. The Bertz CT molecular complexity index is 391. The number of likely N-dealkylation sites (tertiary alicyclic amines) is 1. The molecule has 1 saturated heterocycles. The Morgan fingerprint density at radius 1 is 1.75 bits per heavy atom. The smallest absolute Gasteiger partial charge is 0.258 e. The lowest BCUT2D eigenvalue weighted by molar-refractivity contribution is 0.0741. The van der Waals surface area contributed by atoms with Crippen LogP contribution in [0.25, 0.3) is 0 Å². The van der Waals surface area contributed by atoms with Crippen LogP contribution in [0.5, 0.6) is 0 Å². The first-order chi connectivity index (χ1) is 7.63. The number of amides is 1. The van der Waals surface area contributed by atoms with Gasteiger partial charge in [-0.3, -0.25) is 4.79 Å². The summed E-state index contributed by atoms with van der Waals surface area (Å²) in [6.07, 6.45) is 2.50. The summed E-state index contributed by atoms with van der Waals surface area (Å²) < 4.78 is 5.58. The predicted molar refractivity (Wildman–Crippen MR) is 64.1 cm³/mol. The van der Waals surface area contributed by atoms with Crippen LogP contribution < -0.4 is 5.73 Å². The molecule has 5 heteroatoms. The van der Waals surface area contributed by atoms with Crippen molar-refractivity contribution in [2.75, 3.05) is 13.1 Å². The van der Waals surface area contributed by atoms with E-state index in [-0.39, 0.29) is 11.9 Å². The molecule has 1 aromatic heterocycles. The maximum atomic E-state index is 12.2. The monoisotopic (exact) mass is 286 g/mol. The van der Waals surface area contributed by atoms with E-state index in [9.17, 15) is 4.79 Å². The number of hydrogen-bond acceptors (Lipinski definition) is 3. The summed E-state index contributed by atoms with van der Waals surface area (Å²) >= 11 is 3.23. The second kappa shape index (κ2) is 4.59. The zero-order valence-corrected chi connectivity index (χ0v) is 10.7. The molecule has 0 radical (unpaired) electrons. The number of carbonyl (C=O) groups is 1. The zero-order valence-electron chi connectivity index (χ0n) is 9.15. The standard InChI is InChI=1S/C11H15BrN2O2/c1-7-4-8(5-13)6-14(7)11(15)9-2-3-16-10(9)12/h2-3,7-8H,4-6,13H2,1H3. The molecule has 0 saturated carbocycles. The largest absolute Gasteiger partial charge is 0.457 e. The number of hydrogen-bond donors (Lipinski definition) is 1. The van der Waals surface area contributed by atoms with Gasteiger partial charge in [0.05, 0.1) is 11.8 Å². The van der Waals surface area contributed by atoms with Crippen molar-refractivity contribution >= 4 is 21.8 Å². The van der Waals surface area contributed by atoms with E-state index in [2.05, 4.69) is 22.9 Å². The summed E-state index contributed by atoms with van der Waals surface area (Å²) in [4.78, 5) is 14.1. The van der Waals surface area contributed by atoms with Gasteiger partial charge in [-0.25, -0.2) is 0 Å². The van der Waals surface area contributed by atoms with Gasteiger partial charge in [-0.05, 0) is 47.8 Å². The lowest BCUT2D eigenvalue weighted by atomic mass is 10.1. The fraction of sp³-hybridized carbons (Fsp3) is 0.545. The third kappa shape index (κ3) is 2.01. The highest BCUT2D eigenvalue weighted by Crippen LogP contribution is 2.27. The van der Waals surface area contributed by atoms with Crippen LogP contribution in [0.3, 0.4) is 0 Å². The lowest BCUT2D eigenvalue weighted by Crippen LogP contribution is -2.34. The fourth-order valence-corrected chi connectivity index (χ4v) is 2.61. The van der Waals surface area contributed by atoms with Crippen LogP contribution in [0, 0.1) is 5.92 Å². The average molecular weight is 287 g/mol. The summed E-state index contributed by atoms with van der Waals surface area (Å²) in [5.41, 5.74) is 6.23. The quantitative estimate of drug-likeness (QED) is 0.903. The summed E-state index contributed by atoms with van der Waals surface area (Å²) in [5, 5.41) is 0. The number of halogens is 1. The minimum atomic E-state index is 0.0177.